The Labute approximate surface area is 146 Å². The van der Waals surface area contributed by atoms with Crippen molar-refractivity contribution in [2.24, 2.45) is 5.92 Å². The molecule has 2 heterocycles. The Morgan fingerprint density at radius 1 is 1.16 bits per heavy atom. The number of carbonyl (C=O) groups is 2. The summed E-state index contributed by atoms with van der Waals surface area (Å²) >= 11 is 0. The standard InChI is InChI=1S/C18H22N4O3/c1-19-18(24)20-15-4-6-16(7-5-15)25-13-14-10-21(11-14)12-17(23)22-8-2-3-9-22/h2-9,14H,10-13H2,1H3,(H2,19,20,24). The summed E-state index contributed by atoms with van der Waals surface area (Å²) in [4.78, 5) is 25.3. The summed E-state index contributed by atoms with van der Waals surface area (Å²) in [6, 6.07) is 10.7. The zero-order chi connectivity index (χ0) is 17.6. The molecule has 3 rings (SSSR count). The van der Waals surface area contributed by atoms with Gasteiger partial charge in [0.15, 0.2) is 0 Å². The number of rotatable bonds is 6. The third-order valence-corrected chi connectivity index (χ3v) is 4.11. The average molecular weight is 342 g/mol. The Balaban J connectivity index is 1.36. The summed E-state index contributed by atoms with van der Waals surface area (Å²) in [5.74, 6) is 1.29. The van der Waals surface area contributed by atoms with Crippen molar-refractivity contribution in [3.05, 3.63) is 48.8 Å². The Hall–Kier alpha value is -2.80. The summed E-state index contributed by atoms with van der Waals surface area (Å²) in [6.45, 7) is 2.79. The smallest absolute Gasteiger partial charge is 0.318 e. The number of likely N-dealkylation sites (tertiary alicyclic amines) is 1. The molecular formula is C18H22N4O3. The molecule has 132 valence electrons. The highest BCUT2D eigenvalue weighted by atomic mass is 16.5. The molecule has 0 saturated carbocycles. The van der Waals surface area contributed by atoms with Crippen LogP contribution in [0.4, 0.5) is 10.5 Å². The number of nitrogens with one attached hydrogen (secondary N) is 2. The Morgan fingerprint density at radius 3 is 2.48 bits per heavy atom. The van der Waals surface area contributed by atoms with Crippen LogP contribution in [0.15, 0.2) is 48.8 Å². The molecule has 0 radical (unpaired) electrons. The first kappa shape index (κ1) is 17.0. The van der Waals surface area contributed by atoms with Crippen LogP contribution in [0.3, 0.4) is 0 Å². The van der Waals surface area contributed by atoms with Gasteiger partial charge in [0.2, 0.25) is 5.91 Å². The average Bonchev–Trinajstić information content (AvgIpc) is 3.12. The second-order valence-electron chi connectivity index (χ2n) is 6.08. The van der Waals surface area contributed by atoms with Gasteiger partial charge in [-0.25, -0.2) is 4.79 Å². The van der Waals surface area contributed by atoms with E-state index >= 15 is 0 Å². The van der Waals surface area contributed by atoms with E-state index in [1.807, 2.05) is 24.3 Å². The molecule has 2 aromatic rings. The molecule has 1 aromatic heterocycles. The number of ether oxygens (including phenoxy) is 1. The van der Waals surface area contributed by atoms with E-state index in [1.165, 1.54) is 0 Å². The summed E-state index contributed by atoms with van der Waals surface area (Å²) in [6.07, 6.45) is 3.54. The Bertz CT molecular complexity index is 706. The van der Waals surface area contributed by atoms with Crippen LogP contribution in [0.2, 0.25) is 0 Å². The van der Waals surface area contributed by atoms with Crippen LogP contribution in [0.1, 0.15) is 4.79 Å². The minimum absolute atomic E-state index is 0.0866. The largest absolute Gasteiger partial charge is 0.493 e. The molecule has 2 N–H and O–H groups in total. The molecule has 1 aromatic carbocycles. The zero-order valence-electron chi connectivity index (χ0n) is 14.1. The molecule has 1 saturated heterocycles. The van der Waals surface area contributed by atoms with Crippen molar-refractivity contribution < 1.29 is 14.3 Å². The number of hydrogen-bond donors (Lipinski definition) is 2. The fraction of sp³-hybridized carbons (Fsp3) is 0.333. The van der Waals surface area contributed by atoms with Crippen molar-refractivity contribution in [2.75, 3.05) is 38.6 Å². The van der Waals surface area contributed by atoms with E-state index in [4.69, 9.17) is 4.74 Å². The lowest BCUT2D eigenvalue weighted by Gasteiger charge is -2.38. The molecular weight excluding hydrogens is 320 g/mol. The Morgan fingerprint density at radius 2 is 1.84 bits per heavy atom. The van der Waals surface area contributed by atoms with Crippen molar-refractivity contribution in [2.45, 2.75) is 0 Å². The van der Waals surface area contributed by atoms with Crippen molar-refractivity contribution in [1.29, 1.82) is 0 Å². The number of urea groups is 1. The monoisotopic (exact) mass is 342 g/mol. The van der Waals surface area contributed by atoms with Gasteiger partial charge in [0.25, 0.3) is 0 Å². The number of benzene rings is 1. The highest BCUT2D eigenvalue weighted by Crippen LogP contribution is 2.20. The first-order valence-electron chi connectivity index (χ1n) is 8.24. The van der Waals surface area contributed by atoms with Crippen molar-refractivity contribution >= 4 is 17.6 Å². The highest BCUT2D eigenvalue weighted by molar-refractivity contribution is 5.89. The van der Waals surface area contributed by atoms with E-state index in [2.05, 4.69) is 15.5 Å². The maximum atomic E-state index is 12.0. The van der Waals surface area contributed by atoms with Crippen molar-refractivity contribution in [3.63, 3.8) is 0 Å². The summed E-state index contributed by atoms with van der Waals surface area (Å²) in [5.41, 5.74) is 0.713. The first-order valence-corrected chi connectivity index (χ1v) is 8.24. The first-order chi connectivity index (χ1) is 12.1. The summed E-state index contributed by atoms with van der Waals surface area (Å²) < 4.78 is 7.39. The van der Waals surface area contributed by atoms with Gasteiger partial charge < -0.3 is 15.4 Å². The summed E-state index contributed by atoms with van der Waals surface area (Å²) in [5, 5.41) is 5.19. The molecule has 1 aliphatic heterocycles. The topological polar surface area (TPSA) is 75.6 Å². The molecule has 0 atom stereocenters. The number of aromatic nitrogens is 1. The van der Waals surface area contributed by atoms with Crippen LogP contribution < -0.4 is 15.4 Å². The molecule has 25 heavy (non-hydrogen) atoms. The third-order valence-electron chi connectivity index (χ3n) is 4.11. The van der Waals surface area contributed by atoms with Gasteiger partial charge in [-0.1, -0.05) is 0 Å². The van der Waals surface area contributed by atoms with E-state index in [0.717, 1.165) is 18.8 Å². The maximum absolute atomic E-state index is 12.0. The molecule has 1 aliphatic rings. The lowest BCUT2D eigenvalue weighted by molar-refractivity contribution is 0.0499. The van der Waals surface area contributed by atoms with Crippen LogP contribution in [0.25, 0.3) is 0 Å². The van der Waals surface area contributed by atoms with Gasteiger partial charge in [-0.3, -0.25) is 14.3 Å². The molecule has 7 heteroatoms. The Kier molecular flexibility index (Phi) is 5.35. The SMILES string of the molecule is CNC(=O)Nc1ccc(OCC2CN(CC(=O)n3cccc3)C2)cc1. The van der Waals surface area contributed by atoms with Crippen molar-refractivity contribution in [3.8, 4) is 5.75 Å². The van der Waals surface area contributed by atoms with Crippen LogP contribution in [-0.4, -0.2) is 54.7 Å². The molecule has 0 spiro atoms. The van der Waals surface area contributed by atoms with Gasteiger partial charge in [-0.2, -0.15) is 0 Å². The molecule has 0 bridgehead atoms. The zero-order valence-corrected chi connectivity index (χ0v) is 14.1. The van der Waals surface area contributed by atoms with Gasteiger partial charge >= 0.3 is 6.03 Å². The quantitative estimate of drug-likeness (QED) is 0.841. The normalized spacial score (nSPS) is 14.6. The van der Waals surface area contributed by atoms with E-state index in [0.29, 0.717) is 24.8 Å². The van der Waals surface area contributed by atoms with Crippen LogP contribution >= 0.6 is 0 Å². The fourth-order valence-corrected chi connectivity index (χ4v) is 2.73. The van der Waals surface area contributed by atoms with E-state index in [1.54, 1.807) is 36.1 Å². The number of nitrogens with zero attached hydrogens (tertiary/aromatic N) is 2. The predicted octanol–water partition coefficient (Wildman–Crippen LogP) is 1.89. The maximum Gasteiger partial charge on any atom is 0.318 e. The van der Waals surface area contributed by atoms with Gasteiger partial charge in [-0.15, -0.1) is 0 Å². The highest BCUT2D eigenvalue weighted by Gasteiger charge is 2.28. The van der Waals surface area contributed by atoms with Gasteiger partial charge in [0.05, 0.1) is 13.2 Å². The van der Waals surface area contributed by atoms with Crippen LogP contribution in [0, 0.1) is 5.92 Å². The predicted molar refractivity (Wildman–Crippen MR) is 95.0 cm³/mol. The van der Waals surface area contributed by atoms with Gasteiger partial charge in [-0.05, 0) is 36.4 Å². The van der Waals surface area contributed by atoms with E-state index in [9.17, 15) is 9.59 Å². The van der Waals surface area contributed by atoms with Crippen molar-refractivity contribution in [1.82, 2.24) is 14.8 Å². The van der Waals surface area contributed by atoms with E-state index in [-0.39, 0.29) is 11.9 Å². The lowest BCUT2D eigenvalue weighted by atomic mass is 10.0. The van der Waals surface area contributed by atoms with Gasteiger partial charge in [0.1, 0.15) is 5.75 Å². The molecule has 7 nitrogen and oxygen atoms in total. The molecule has 1 fully saturated rings. The van der Waals surface area contributed by atoms with E-state index < -0.39 is 0 Å². The second kappa shape index (κ2) is 7.85. The number of carbonyl (C=O) groups excluding carboxylic acids is 2. The minimum Gasteiger partial charge on any atom is -0.493 e. The lowest BCUT2D eigenvalue weighted by Crippen LogP contribution is -2.51. The third kappa shape index (κ3) is 4.60. The van der Waals surface area contributed by atoms with Crippen LogP contribution in [-0.2, 0) is 0 Å². The fourth-order valence-electron chi connectivity index (χ4n) is 2.73. The second-order valence-corrected chi connectivity index (χ2v) is 6.08. The number of hydrogen-bond acceptors (Lipinski definition) is 4. The summed E-state index contributed by atoms with van der Waals surface area (Å²) in [7, 11) is 1.57. The molecule has 2 amide bonds. The minimum atomic E-state index is -0.252. The van der Waals surface area contributed by atoms with Gasteiger partial charge in [0, 0.05) is 44.1 Å². The number of anilines is 1. The molecule has 0 aliphatic carbocycles. The number of amides is 2. The molecule has 0 unspecified atom stereocenters. The van der Waals surface area contributed by atoms with Crippen LogP contribution in [0.5, 0.6) is 5.75 Å².